The van der Waals surface area contributed by atoms with Gasteiger partial charge in [0.1, 0.15) is 6.33 Å². The van der Waals surface area contributed by atoms with E-state index in [4.69, 9.17) is 0 Å². The molecule has 0 bridgehead atoms. The maximum absolute atomic E-state index is 4.16. The zero-order chi connectivity index (χ0) is 9.83. The molecule has 1 aliphatic rings. The van der Waals surface area contributed by atoms with Crippen LogP contribution in [0.15, 0.2) is 30.7 Å². The molecule has 0 saturated carbocycles. The first-order valence-electron chi connectivity index (χ1n) is 4.90. The van der Waals surface area contributed by atoms with E-state index in [0.717, 1.165) is 12.4 Å². The molecule has 0 amide bonds. The second-order valence-corrected chi connectivity index (χ2v) is 3.82. The third-order valence-corrected chi connectivity index (χ3v) is 2.98. The Morgan fingerprint density at radius 3 is 3.33 bits per heavy atom. The summed E-state index contributed by atoms with van der Waals surface area (Å²) in [7, 11) is 0. The molecule has 15 heavy (non-hydrogen) atoms. The van der Waals surface area contributed by atoms with Crippen molar-refractivity contribution in [3.63, 3.8) is 0 Å². The van der Waals surface area contributed by atoms with E-state index >= 15 is 0 Å². The van der Waals surface area contributed by atoms with Crippen LogP contribution in [0.3, 0.4) is 0 Å². The highest BCUT2D eigenvalue weighted by molar-refractivity contribution is 5.97. The van der Waals surface area contributed by atoms with Crippen molar-refractivity contribution < 1.29 is 0 Å². The minimum Gasteiger partial charge on any atom is -0.361 e. The molecule has 0 radical (unpaired) electrons. The largest absolute Gasteiger partial charge is 0.361 e. The first-order valence-corrected chi connectivity index (χ1v) is 4.90. The second kappa shape index (κ2) is 2.28. The van der Waals surface area contributed by atoms with Gasteiger partial charge in [0, 0.05) is 22.7 Å². The van der Waals surface area contributed by atoms with Gasteiger partial charge < -0.3 is 9.55 Å². The lowest BCUT2D eigenvalue weighted by atomic mass is 10.0. The average Bonchev–Trinajstić information content (AvgIpc) is 2.87. The van der Waals surface area contributed by atoms with E-state index in [2.05, 4.69) is 38.1 Å². The predicted molar refractivity (Wildman–Crippen MR) is 56.4 cm³/mol. The maximum atomic E-state index is 4.16. The van der Waals surface area contributed by atoms with Crippen molar-refractivity contribution in [2.24, 2.45) is 0 Å². The molecule has 0 fully saturated rings. The summed E-state index contributed by atoms with van der Waals surface area (Å²) in [6.07, 6.45) is 3.85. The van der Waals surface area contributed by atoms with Gasteiger partial charge >= 0.3 is 0 Å². The van der Waals surface area contributed by atoms with Crippen LogP contribution in [-0.4, -0.2) is 19.7 Å². The smallest absolute Gasteiger partial charge is 0.164 e. The molecular formula is C11H8N4. The predicted octanol–water partition coefficient (Wildman–Crippen LogP) is 1.79. The molecule has 0 atom stereocenters. The Morgan fingerprint density at radius 2 is 2.33 bits per heavy atom. The number of hydrogen-bond acceptors (Lipinski definition) is 2. The number of benzene rings is 1. The maximum Gasteiger partial charge on any atom is 0.164 e. The average molecular weight is 196 g/mol. The van der Waals surface area contributed by atoms with Crippen LogP contribution >= 0.6 is 0 Å². The van der Waals surface area contributed by atoms with Crippen molar-refractivity contribution in [1.82, 2.24) is 19.7 Å². The molecule has 4 rings (SSSR count). The van der Waals surface area contributed by atoms with Crippen LogP contribution < -0.4 is 0 Å². The lowest BCUT2D eigenvalue weighted by Gasteiger charge is -2.13. The topological polar surface area (TPSA) is 46.5 Å². The molecule has 0 saturated heterocycles. The van der Waals surface area contributed by atoms with Gasteiger partial charge in [-0.3, -0.25) is 0 Å². The minimum atomic E-state index is 0.860. The molecule has 1 aromatic carbocycles. The van der Waals surface area contributed by atoms with Crippen molar-refractivity contribution in [3.05, 3.63) is 36.3 Å². The van der Waals surface area contributed by atoms with Gasteiger partial charge in [-0.2, -0.15) is 0 Å². The summed E-state index contributed by atoms with van der Waals surface area (Å²) in [5, 5.41) is 9.41. The zero-order valence-electron chi connectivity index (χ0n) is 7.94. The lowest BCUT2D eigenvalue weighted by Crippen LogP contribution is -2.05. The van der Waals surface area contributed by atoms with E-state index in [-0.39, 0.29) is 0 Å². The molecule has 1 aliphatic heterocycles. The summed E-state index contributed by atoms with van der Waals surface area (Å²) in [5.74, 6) is 0.965. The number of H-pyrrole nitrogens is 1. The van der Waals surface area contributed by atoms with Gasteiger partial charge in [0.05, 0.1) is 6.54 Å². The number of aromatic amines is 1. The fourth-order valence-electron chi connectivity index (χ4n) is 2.33. The highest BCUT2D eigenvalue weighted by Crippen LogP contribution is 2.34. The summed E-state index contributed by atoms with van der Waals surface area (Å²) in [5.41, 5.74) is 3.66. The van der Waals surface area contributed by atoms with Crippen molar-refractivity contribution in [2.45, 2.75) is 6.54 Å². The molecule has 2 aromatic heterocycles. The van der Waals surface area contributed by atoms with Crippen molar-refractivity contribution in [1.29, 1.82) is 0 Å². The second-order valence-electron chi connectivity index (χ2n) is 3.82. The van der Waals surface area contributed by atoms with Crippen LogP contribution in [-0.2, 0) is 6.54 Å². The van der Waals surface area contributed by atoms with Gasteiger partial charge in [-0.05, 0) is 11.6 Å². The normalized spacial score (nSPS) is 13.1. The van der Waals surface area contributed by atoms with Crippen LogP contribution in [0, 0.1) is 0 Å². The Balaban J connectivity index is 2.25. The summed E-state index contributed by atoms with van der Waals surface area (Å²) in [4.78, 5) is 3.28. The number of fused-ring (bicyclic) bond motifs is 2. The van der Waals surface area contributed by atoms with Crippen molar-refractivity contribution >= 4 is 10.9 Å². The minimum absolute atomic E-state index is 0.860. The number of hydrogen-bond donors (Lipinski definition) is 1. The third-order valence-electron chi connectivity index (χ3n) is 2.98. The van der Waals surface area contributed by atoms with Crippen molar-refractivity contribution in [2.75, 3.05) is 0 Å². The van der Waals surface area contributed by atoms with Gasteiger partial charge in [0.2, 0.25) is 0 Å². The number of aromatic nitrogens is 4. The third kappa shape index (κ3) is 0.771. The van der Waals surface area contributed by atoms with Gasteiger partial charge in [0.25, 0.3) is 0 Å². The highest BCUT2D eigenvalue weighted by Gasteiger charge is 2.19. The SMILES string of the molecule is c1cc2c3c(c[nH]c3c1)Cn1cnnc1-2. The number of nitrogens with zero attached hydrogens (tertiary/aromatic N) is 3. The van der Waals surface area contributed by atoms with Gasteiger partial charge in [-0.25, -0.2) is 0 Å². The van der Waals surface area contributed by atoms with E-state index < -0.39 is 0 Å². The Bertz CT molecular complexity index is 662. The van der Waals surface area contributed by atoms with E-state index in [1.165, 1.54) is 22.0 Å². The van der Waals surface area contributed by atoms with Gasteiger partial charge in [0.15, 0.2) is 5.82 Å². The summed E-state index contributed by atoms with van der Waals surface area (Å²) in [6, 6.07) is 6.23. The summed E-state index contributed by atoms with van der Waals surface area (Å²) in [6.45, 7) is 0.860. The molecular weight excluding hydrogens is 188 g/mol. The molecule has 1 N–H and O–H groups in total. The van der Waals surface area contributed by atoms with Gasteiger partial charge in [-0.15, -0.1) is 10.2 Å². The van der Waals surface area contributed by atoms with Crippen LogP contribution in [0.5, 0.6) is 0 Å². The van der Waals surface area contributed by atoms with E-state index in [1.807, 2.05) is 6.07 Å². The first-order chi connectivity index (χ1) is 7.43. The first kappa shape index (κ1) is 7.23. The fourth-order valence-corrected chi connectivity index (χ4v) is 2.33. The molecule has 4 nitrogen and oxygen atoms in total. The monoisotopic (exact) mass is 196 g/mol. The van der Waals surface area contributed by atoms with Crippen LogP contribution in [0.4, 0.5) is 0 Å². The Morgan fingerprint density at radius 1 is 1.33 bits per heavy atom. The van der Waals surface area contributed by atoms with Crippen LogP contribution in [0.2, 0.25) is 0 Å². The molecule has 72 valence electrons. The van der Waals surface area contributed by atoms with Crippen molar-refractivity contribution in [3.8, 4) is 11.4 Å². The van der Waals surface area contributed by atoms with E-state index in [0.29, 0.717) is 0 Å². The molecule has 4 heteroatoms. The molecule has 3 heterocycles. The standard InChI is InChI=1S/C11H8N4/c1-2-8-10-7(4-12-9(10)3-1)5-15-6-13-14-11(8)15/h1-4,6,12H,5H2. The van der Waals surface area contributed by atoms with E-state index in [1.54, 1.807) is 6.33 Å². The Kier molecular flexibility index (Phi) is 1.10. The summed E-state index contributed by atoms with van der Waals surface area (Å²) < 4.78 is 2.07. The Labute approximate surface area is 85.6 Å². The zero-order valence-corrected chi connectivity index (χ0v) is 7.94. The number of rotatable bonds is 0. The molecule has 0 spiro atoms. The molecule has 0 aliphatic carbocycles. The Hall–Kier alpha value is -2.10. The van der Waals surface area contributed by atoms with Crippen LogP contribution in [0.1, 0.15) is 5.56 Å². The highest BCUT2D eigenvalue weighted by atomic mass is 15.3. The van der Waals surface area contributed by atoms with E-state index in [9.17, 15) is 0 Å². The lowest BCUT2D eigenvalue weighted by molar-refractivity contribution is 0.800. The molecule has 3 aromatic rings. The van der Waals surface area contributed by atoms with Crippen LogP contribution in [0.25, 0.3) is 22.3 Å². The fraction of sp³-hybridized carbons (Fsp3) is 0.0909. The summed E-state index contributed by atoms with van der Waals surface area (Å²) >= 11 is 0. The van der Waals surface area contributed by atoms with Gasteiger partial charge in [-0.1, -0.05) is 12.1 Å². The number of nitrogens with one attached hydrogen (secondary N) is 1. The quantitative estimate of drug-likeness (QED) is 0.466. The molecule has 0 unspecified atom stereocenters.